The Hall–Kier alpha value is -6.64. The molecular formula is C51H34O2. The molecular weight excluding hydrogens is 645 g/mol. The van der Waals surface area contributed by atoms with E-state index in [0.29, 0.717) is 5.92 Å². The molecule has 1 atom stereocenters. The van der Waals surface area contributed by atoms with Crippen molar-refractivity contribution in [2.24, 2.45) is 5.92 Å². The van der Waals surface area contributed by atoms with Gasteiger partial charge in [-0.15, -0.1) is 0 Å². The third-order valence-corrected chi connectivity index (χ3v) is 11.3. The van der Waals surface area contributed by atoms with Gasteiger partial charge in [-0.1, -0.05) is 153 Å². The Labute approximate surface area is 306 Å². The Bertz CT molecular complexity index is 3090. The molecule has 1 aliphatic rings. The van der Waals surface area contributed by atoms with Gasteiger partial charge in [-0.25, -0.2) is 0 Å². The van der Waals surface area contributed by atoms with E-state index in [9.17, 15) is 0 Å². The largest absolute Gasteiger partial charge is 0.456 e. The van der Waals surface area contributed by atoms with Gasteiger partial charge in [-0.3, -0.25) is 0 Å². The Morgan fingerprint density at radius 2 is 0.962 bits per heavy atom. The van der Waals surface area contributed by atoms with Crippen LogP contribution in [0.25, 0.3) is 98.8 Å². The van der Waals surface area contributed by atoms with Gasteiger partial charge in [0.1, 0.15) is 22.3 Å². The zero-order valence-electron chi connectivity index (χ0n) is 29.3. The van der Waals surface area contributed by atoms with Gasteiger partial charge in [0.05, 0.1) is 0 Å². The molecule has 11 rings (SSSR count). The van der Waals surface area contributed by atoms with E-state index in [4.69, 9.17) is 8.83 Å². The SMILES string of the molecule is CC1CC=CC(c2c3ccccc3c(-c3ccc(-c4cccc5c4oc4ccccc45)cc3)c3ccccc23)=C1c1ccc2oc3ccccc3c2c1. The van der Waals surface area contributed by atoms with Gasteiger partial charge in [0.2, 0.25) is 0 Å². The fourth-order valence-electron chi connectivity index (χ4n) is 8.94. The number of allylic oxidation sites excluding steroid dienone is 4. The summed E-state index contributed by atoms with van der Waals surface area (Å²) >= 11 is 0. The van der Waals surface area contributed by atoms with Crippen LogP contribution in [0.1, 0.15) is 24.5 Å². The van der Waals surface area contributed by atoms with Crippen LogP contribution in [0.2, 0.25) is 0 Å². The molecule has 0 aliphatic heterocycles. The van der Waals surface area contributed by atoms with Crippen molar-refractivity contribution in [2.75, 3.05) is 0 Å². The molecule has 0 spiro atoms. The van der Waals surface area contributed by atoms with E-state index in [1.807, 2.05) is 18.2 Å². The van der Waals surface area contributed by atoms with Crippen LogP contribution in [-0.2, 0) is 0 Å². The van der Waals surface area contributed by atoms with E-state index >= 15 is 0 Å². The van der Waals surface area contributed by atoms with E-state index in [0.717, 1.165) is 61.4 Å². The lowest BCUT2D eigenvalue weighted by Gasteiger charge is -2.26. The number of fused-ring (bicyclic) bond motifs is 8. The highest BCUT2D eigenvalue weighted by Crippen LogP contribution is 2.48. The lowest BCUT2D eigenvalue weighted by molar-refractivity contribution is 0.668. The van der Waals surface area contributed by atoms with Crippen molar-refractivity contribution >= 4 is 76.6 Å². The molecule has 2 aromatic heterocycles. The zero-order valence-corrected chi connectivity index (χ0v) is 29.3. The molecule has 0 saturated carbocycles. The second-order valence-electron chi connectivity index (χ2n) is 14.4. The first-order chi connectivity index (χ1) is 26.2. The van der Waals surface area contributed by atoms with Crippen LogP contribution < -0.4 is 0 Å². The quantitative estimate of drug-likeness (QED) is 0.173. The summed E-state index contributed by atoms with van der Waals surface area (Å²) in [7, 11) is 0. The van der Waals surface area contributed by atoms with Crippen molar-refractivity contribution in [3.63, 3.8) is 0 Å². The highest BCUT2D eigenvalue weighted by Gasteiger charge is 2.24. The van der Waals surface area contributed by atoms with Crippen molar-refractivity contribution in [3.8, 4) is 22.3 Å². The van der Waals surface area contributed by atoms with Gasteiger partial charge in [-0.2, -0.15) is 0 Å². The summed E-state index contributed by atoms with van der Waals surface area (Å²) in [5, 5.41) is 9.65. The number of furan rings is 2. The highest BCUT2D eigenvalue weighted by atomic mass is 16.3. The molecule has 8 aromatic carbocycles. The average Bonchev–Trinajstić information content (AvgIpc) is 3.78. The molecule has 1 unspecified atom stereocenters. The first-order valence-corrected chi connectivity index (χ1v) is 18.5. The summed E-state index contributed by atoms with van der Waals surface area (Å²) in [6, 6.07) is 56.8. The second-order valence-corrected chi connectivity index (χ2v) is 14.4. The van der Waals surface area contributed by atoms with Crippen molar-refractivity contribution in [1.82, 2.24) is 0 Å². The van der Waals surface area contributed by atoms with Crippen LogP contribution in [0.5, 0.6) is 0 Å². The number of hydrogen-bond acceptors (Lipinski definition) is 2. The normalized spacial score (nSPS) is 14.8. The smallest absolute Gasteiger partial charge is 0.143 e. The third-order valence-electron chi connectivity index (χ3n) is 11.3. The van der Waals surface area contributed by atoms with Gasteiger partial charge in [-0.05, 0) is 97.1 Å². The fraction of sp³-hybridized carbons (Fsp3) is 0.0588. The van der Waals surface area contributed by atoms with E-state index in [-0.39, 0.29) is 0 Å². The molecule has 2 heteroatoms. The number of hydrogen-bond donors (Lipinski definition) is 0. The maximum Gasteiger partial charge on any atom is 0.143 e. The molecule has 0 amide bonds. The minimum absolute atomic E-state index is 0.353. The standard InChI is InChI=1S/C51H34O2/c1-31-12-10-21-43(48(31)34-28-29-47-44(30-34)37-14-7-8-22-45(37)52-47)50-40-17-4-2-15-38(40)49(39-16-3-5-18-41(39)50)33-26-24-32(25-27-33)35-19-11-20-42-36-13-6-9-23-46(36)53-51(35)42/h2-11,13-31H,12H2,1H3. The van der Waals surface area contributed by atoms with Gasteiger partial charge >= 0.3 is 0 Å². The van der Waals surface area contributed by atoms with Gasteiger partial charge in [0.15, 0.2) is 0 Å². The Morgan fingerprint density at radius 1 is 0.434 bits per heavy atom. The first kappa shape index (κ1) is 30.0. The molecule has 0 saturated heterocycles. The Kier molecular flexibility index (Phi) is 6.63. The van der Waals surface area contributed by atoms with Gasteiger partial charge in [0, 0.05) is 27.1 Å². The van der Waals surface area contributed by atoms with Crippen molar-refractivity contribution in [1.29, 1.82) is 0 Å². The van der Waals surface area contributed by atoms with Gasteiger partial charge in [0.25, 0.3) is 0 Å². The number of rotatable bonds is 4. The summed E-state index contributed by atoms with van der Waals surface area (Å²) in [5.74, 6) is 0.353. The highest BCUT2D eigenvalue weighted by molar-refractivity contribution is 6.22. The fourth-order valence-corrected chi connectivity index (χ4v) is 8.94. The lowest BCUT2D eigenvalue weighted by Crippen LogP contribution is -2.06. The van der Waals surface area contributed by atoms with Crippen molar-refractivity contribution < 1.29 is 8.83 Å². The summed E-state index contributed by atoms with van der Waals surface area (Å²) in [5.41, 5.74) is 13.6. The maximum atomic E-state index is 6.41. The topological polar surface area (TPSA) is 26.3 Å². The van der Waals surface area contributed by atoms with E-state index in [1.54, 1.807) is 0 Å². The van der Waals surface area contributed by atoms with Crippen LogP contribution in [-0.4, -0.2) is 0 Å². The van der Waals surface area contributed by atoms with Crippen LogP contribution >= 0.6 is 0 Å². The summed E-state index contributed by atoms with van der Waals surface area (Å²) in [6.07, 6.45) is 5.73. The van der Waals surface area contributed by atoms with Crippen LogP contribution in [0.15, 0.2) is 179 Å². The number of para-hydroxylation sites is 3. The molecule has 2 heterocycles. The van der Waals surface area contributed by atoms with E-state index in [1.165, 1.54) is 54.9 Å². The van der Waals surface area contributed by atoms with Gasteiger partial charge < -0.3 is 8.83 Å². The van der Waals surface area contributed by atoms with Crippen LogP contribution in [0.4, 0.5) is 0 Å². The minimum atomic E-state index is 0.353. The number of benzene rings is 8. The molecule has 1 aliphatic carbocycles. The summed E-state index contributed by atoms with van der Waals surface area (Å²) in [6.45, 7) is 2.36. The molecule has 250 valence electrons. The Morgan fingerprint density at radius 3 is 1.66 bits per heavy atom. The maximum absolute atomic E-state index is 6.41. The van der Waals surface area contributed by atoms with E-state index < -0.39 is 0 Å². The third kappa shape index (κ3) is 4.59. The predicted octanol–water partition coefficient (Wildman–Crippen LogP) is 14.6. The summed E-state index contributed by atoms with van der Waals surface area (Å²) < 4.78 is 12.6. The monoisotopic (exact) mass is 678 g/mol. The van der Waals surface area contributed by atoms with Crippen LogP contribution in [0.3, 0.4) is 0 Å². The average molecular weight is 679 g/mol. The Balaban J connectivity index is 1.12. The molecule has 0 fully saturated rings. The molecule has 0 bridgehead atoms. The summed E-state index contributed by atoms with van der Waals surface area (Å²) in [4.78, 5) is 0. The van der Waals surface area contributed by atoms with E-state index in [2.05, 4.69) is 159 Å². The zero-order chi connectivity index (χ0) is 35.0. The van der Waals surface area contributed by atoms with Crippen molar-refractivity contribution in [3.05, 3.63) is 181 Å². The second kappa shape index (κ2) is 11.7. The van der Waals surface area contributed by atoms with Crippen LogP contribution in [0, 0.1) is 5.92 Å². The minimum Gasteiger partial charge on any atom is -0.456 e. The molecule has 10 aromatic rings. The van der Waals surface area contributed by atoms with Crippen molar-refractivity contribution in [2.45, 2.75) is 13.3 Å². The molecule has 0 radical (unpaired) electrons. The molecule has 2 nitrogen and oxygen atoms in total. The molecule has 53 heavy (non-hydrogen) atoms. The predicted molar refractivity (Wildman–Crippen MR) is 223 cm³/mol. The molecule has 0 N–H and O–H groups in total. The lowest BCUT2D eigenvalue weighted by atomic mass is 9.78. The first-order valence-electron chi connectivity index (χ1n) is 18.5.